The lowest BCUT2D eigenvalue weighted by Gasteiger charge is -2.46. The molecule has 6 nitrogen and oxygen atoms in total. The van der Waals surface area contributed by atoms with E-state index in [1.54, 1.807) is 0 Å². The molecule has 0 N–H and O–H groups in total. The standard InChI is InChI=1S/C41H45ClO6/c1-3-44-34-16-14-28(15-17-34)18-31-20-35-37(21-36(31)42)45-25-33-19-32(33)24-43-26-38-27(2)39(46-22-29-10-6-4-7-11-29)41(40(35)48-38)47-23-30-12-8-5-9-13-30/h4-17,20-21,27,32-33,38-41H,3,18-19,22-26H2,1-2H3/t27-,32+,33-,38-,39+,40+,41-/m1/s1. The Morgan fingerprint density at radius 1 is 0.750 bits per heavy atom. The van der Waals surface area contributed by atoms with Crippen LogP contribution in [0.15, 0.2) is 97.1 Å². The summed E-state index contributed by atoms with van der Waals surface area (Å²) in [6.07, 6.45) is 0.411. The summed E-state index contributed by atoms with van der Waals surface area (Å²) in [4.78, 5) is 0. The van der Waals surface area contributed by atoms with Crippen LogP contribution in [0.25, 0.3) is 0 Å². The first-order valence-electron chi connectivity index (χ1n) is 17.3. The van der Waals surface area contributed by atoms with E-state index in [1.807, 2.05) is 61.5 Å². The molecule has 4 aromatic carbocycles. The molecule has 0 aromatic heterocycles. The highest BCUT2D eigenvalue weighted by atomic mass is 35.5. The van der Waals surface area contributed by atoms with Gasteiger partial charge in [-0.3, -0.25) is 0 Å². The molecule has 1 saturated carbocycles. The highest BCUT2D eigenvalue weighted by Crippen LogP contribution is 2.46. The number of hydrogen-bond donors (Lipinski definition) is 0. The Bertz CT molecular complexity index is 1610. The van der Waals surface area contributed by atoms with E-state index < -0.39 is 12.2 Å². The molecule has 2 aliphatic heterocycles. The summed E-state index contributed by atoms with van der Waals surface area (Å²) in [5.74, 6) is 2.60. The molecule has 1 aliphatic carbocycles. The smallest absolute Gasteiger partial charge is 0.126 e. The second-order valence-corrected chi connectivity index (χ2v) is 13.7. The Hall–Kier alpha value is -3.39. The highest BCUT2D eigenvalue weighted by Gasteiger charge is 2.48. The monoisotopic (exact) mass is 668 g/mol. The predicted molar refractivity (Wildman–Crippen MR) is 187 cm³/mol. The van der Waals surface area contributed by atoms with Crippen molar-refractivity contribution in [2.45, 2.75) is 64.3 Å². The van der Waals surface area contributed by atoms with Crippen LogP contribution in [0, 0.1) is 17.8 Å². The summed E-state index contributed by atoms with van der Waals surface area (Å²) in [6.45, 7) is 7.54. The van der Waals surface area contributed by atoms with Gasteiger partial charge in [0.2, 0.25) is 0 Å². The molecule has 0 unspecified atom stereocenters. The van der Waals surface area contributed by atoms with Crippen LogP contribution in [0.3, 0.4) is 0 Å². The average molecular weight is 669 g/mol. The molecule has 2 fully saturated rings. The summed E-state index contributed by atoms with van der Waals surface area (Å²) < 4.78 is 39.3. The first-order chi connectivity index (χ1) is 23.6. The summed E-state index contributed by atoms with van der Waals surface area (Å²) in [5, 5.41) is 0.671. The maximum atomic E-state index is 7.05. The molecular formula is C41H45ClO6. The zero-order valence-corrected chi connectivity index (χ0v) is 28.5. The van der Waals surface area contributed by atoms with E-state index >= 15 is 0 Å². The van der Waals surface area contributed by atoms with Crippen molar-refractivity contribution >= 4 is 11.6 Å². The van der Waals surface area contributed by atoms with E-state index in [0.29, 0.717) is 62.9 Å². The fourth-order valence-electron chi connectivity index (χ4n) is 6.92. The lowest BCUT2D eigenvalue weighted by molar-refractivity contribution is -0.243. The van der Waals surface area contributed by atoms with E-state index in [4.69, 9.17) is 40.0 Å². The Kier molecular flexibility index (Phi) is 10.7. The van der Waals surface area contributed by atoms with Gasteiger partial charge in [-0.05, 0) is 78.1 Å². The predicted octanol–water partition coefficient (Wildman–Crippen LogP) is 8.62. The molecule has 0 spiro atoms. The maximum absolute atomic E-state index is 7.05. The molecule has 2 heterocycles. The van der Waals surface area contributed by atoms with E-state index in [1.165, 1.54) is 0 Å². The van der Waals surface area contributed by atoms with Crippen molar-refractivity contribution in [2.75, 3.05) is 26.4 Å². The average Bonchev–Trinajstić information content (AvgIpc) is 3.87. The molecular weight excluding hydrogens is 624 g/mol. The fraction of sp³-hybridized carbons (Fsp3) is 0.415. The molecule has 0 radical (unpaired) electrons. The summed E-state index contributed by atoms with van der Waals surface area (Å²) in [6, 6.07) is 32.9. The van der Waals surface area contributed by atoms with Gasteiger partial charge in [-0.15, -0.1) is 0 Å². The van der Waals surface area contributed by atoms with Gasteiger partial charge in [0.1, 0.15) is 23.7 Å². The molecule has 4 aromatic rings. The van der Waals surface area contributed by atoms with Crippen LogP contribution >= 0.6 is 11.6 Å². The van der Waals surface area contributed by atoms with Crippen molar-refractivity contribution in [3.05, 3.63) is 130 Å². The summed E-state index contributed by atoms with van der Waals surface area (Å²) in [7, 11) is 0. The molecule has 1 saturated heterocycles. The van der Waals surface area contributed by atoms with Crippen molar-refractivity contribution in [1.29, 1.82) is 0 Å². The minimum absolute atomic E-state index is 0.0173. The first kappa shape index (κ1) is 33.1. The lowest BCUT2D eigenvalue weighted by Crippen LogP contribution is -2.53. The van der Waals surface area contributed by atoms with Gasteiger partial charge in [0, 0.05) is 23.1 Å². The largest absolute Gasteiger partial charge is 0.494 e. The summed E-state index contributed by atoms with van der Waals surface area (Å²) in [5.41, 5.74) is 5.28. The molecule has 7 rings (SSSR count). The molecule has 0 amide bonds. The molecule has 252 valence electrons. The van der Waals surface area contributed by atoms with Gasteiger partial charge in [0.15, 0.2) is 0 Å². The lowest BCUT2D eigenvalue weighted by atomic mass is 9.84. The van der Waals surface area contributed by atoms with Gasteiger partial charge in [-0.1, -0.05) is 91.3 Å². The number of halogens is 1. The second-order valence-electron chi connectivity index (χ2n) is 13.3. The normalized spacial score (nSPS) is 26.6. The molecule has 48 heavy (non-hydrogen) atoms. The quantitative estimate of drug-likeness (QED) is 0.169. The van der Waals surface area contributed by atoms with Crippen LogP contribution in [-0.2, 0) is 38.6 Å². The van der Waals surface area contributed by atoms with E-state index in [0.717, 1.165) is 45.7 Å². The van der Waals surface area contributed by atoms with Gasteiger partial charge in [-0.2, -0.15) is 0 Å². The Labute approximate surface area is 289 Å². The van der Waals surface area contributed by atoms with E-state index in [2.05, 4.69) is 49.4 Å². The third-order valence-corrected chi connectivity index (χ3v) is 10.2. The van der Waals surface area contributed by atoms with Crippen LogP contribution in [0.1, 0.15) is 54.2 Å². The van der Waals surface area contributed by atoms with Crippen LogP contribution in [0.4, 0.5) is 0 Å². The topological polar surface area (TPSA) is 55.4 Å². The minimum atomic E-state index is -0.472. The first-order valence-corrected chi connectivity index (χ1v) is 17.6. The van der Waals surface area contributed by atoms with E-state index in [9.17, 15) is 0 Å². The van der Waals surface area contributed by atoms with Crippen LogP contribution < -0.4 is 9.47 Å². The van der Waals surface area contributed by atoms with Gasteiger partial charge in [-0.25, -0.2) is 0 Å². The molecule has 2 bridgehead atoms. The maximum Gasteiger partial charge on any atom is 0.126 e. The third-order valence-electron chi connectivity index (χ3n) is 9.87. The van der Waals surface area contributed by atoms with Crippen LogP contribution in [-0.4, -0.2) is 44.7 Å². The molecule has 7 heteroatoms. The minimum Gasteiger partial charge on any atom is -0.494 e. The third kappa shape index (κ3) is 7.90. The highest BCUT2D eigenvalue weighted by molar-refractivity contribution is 6.31. The number of rotatable bonds is 10. The Morgan fingerprint density at radius 2 is 1.42 bits per heavy atom. The van der Waals surface area contributed by atoms with Gasteiger partial charge in [0.25, 0.3) is 0 Å². The van der Waals surface area contributed by atoms with Gasteiger partial charge in [0.05, 0.1) is 45.2 Å². The Morgan fingerprint density at radius 3 is 2.10 bits per heavy atom. The molecule has 7 atom stereocenters. The number of fused-ring (bicyclic) bond motifs is 5. The number of ether oxygens (including phenoxy) is 6. The number of hydrogen-bond acceptors (Lipinski definition) is 6. The zero-order chi connectivity index (χ0) is 32.9. The van der Waals surface area contributed by atoms with Gasteiger partial charge < -0.3 is 28.4 Å². The zero-order valence-electron chi connectivity index (χ0n) is 27.8. The van der Waals surface area contributed by atoms with Crippen molar-refractivity contribution in [1.82, 2.24) is 0 Å². The number of benzene rings is 4. The van der Waals surface area contributed by atoms with Crippen molar-refractivity contribution < 1.29 is 28.4 Å². The van der Waals surface area contributed by atoms with Crippen molar-refractivity contribution in [2.24, 2.45) is 17.8 Å². The summed E-state index contributed by atoms with van der Waals surface area (Å²) >= 11 is 7.02. The van der Waals surface area contributed by atoms with Crippen molar-refractivity contribution in [3.8, 4) is 11.5 Å². The fourth-order valence-corrected chi connectivity index (χ4v) is 7.14. The van der Waals surface area contributed by atoms with Crippen LogP contribution in [0.2, 0.25) is 5.02 Å². The van der Waals surface area contributed by atoms with Crippen LogP contribution in [0.5, 0.6) is 11.5 Å². The SMILES string of the molecule is CCOc1ccc(Cc2cc3c(cc2Cl)OC[C@H]2C[C@H]2COC[C@H]2O[C@@H]3[C@H](OCc3ccccc3)[C@@H](OCc3ccccc3)[C@@H]2C)cc1. The Balaban J connectivity index is 1.27. The molecule has 3 aliphatic rings. The van der Waals surface area contributed by atoms with Crippen molar-refractivity contribution in [3.63, 3.8) is 0 Å². The second kappa shape index (κ2) is 15.4. The van der Waals surface area contributed by atoms with E-state index in [-0.39, 0.29) is 18.1 Å². The van der Waals surface area contributed by atoms with Gasteiger partial charge >= 0.3 is 0 Å².